The van der Waals surface area contributed by atoms with E-state index in [4.69, 9.17) is 0 Å². The SMILES string of the molecule is O=CC(Br)c1ccc(Br)c(F)c1. The molecule has 64 valence electrons. The highest BCUT2D eigenvalue weighted by atomic mass is 79.9. The average molecular weight is 296 g/mol. The molecular weight excluding hydrogens is 291 g/mol. The minimum atomic E-state index is -0.430. The van der Waals surface area contributed by atoms with Crippen LogP contribution in [-0.2, 0) is 4.79 Å². The van der Waals surface area contributed by atoms with Gasteiger partial charge in [0.1, 0.15) is 12.1 Å². The van der Waals surface area contributed by atoms with Gasteiger partial charge >= 0.3 is 0 Å². The minimum Gasteiger partial charge on any atom is -0.302 e. The first-order chi connectivity index (χ1) is 5.65. The molecule has 0 radical (unpaired) electrons. The van der Waals surface area contributed by atoms with E-state index < -0.39 is 4.83 Å². The molecule has 0 spiro atoms. The summed E-state index contributed by atoms with van der Waals surface area (Å²) in [7, 11) is 0. The molecule has 0 saturated carbocycles. The molecule has 0 N–H and O–H groups in total. The van der Waals surface area contributed by atoms with Crippen molar-refractivity contribution in [2.24, 2.45) is 0 Å². The van der Waals surface area contributed by atoms with Gasteiger partial charge in [0.05, 0.1) is 9.30 Å². The fraction of sp³-hybridized carbons (Fsp3) is 0.125. The number of carbonyl (C=O) groups excluding carboxylic acids is 1. The van der Waals surface area contributed by atoms with Crippen LogP contribution in [0.15, 0.2) is 22.7 Å². The van der Waals surface area contributed by atoms with E-state index in [0.29, 0.717) is 16.3 Å². The lowest BCUT2D eigenvalue weighted by molar-refractivity contribution is -0.107. The van der Waals surface area contributed by atoms with Crippen LogP contribution in [0.25, 0.3) is 0 Å². The van der Waals surface area contributed by atoms with E-state index in [1.54, 1.807) is 12.1 Å². The topological polar surface area (TPSA) is 17.1 Å². The zero-order chi connectivity index (χ0) is 9.14. The zero-order valence-corrected chi connectivity index (χ0v) is 9.10. The molecule has 1 rings (SSSR count). The molecule has 0 aliphatic rings. The van der Waals surface area contributed by atoms with Crippen LogP contribution in [0.2, 0.25) is 0 Å². The van der Waals surface area contributed by atoms with E-state index in [1.165, 1.54) is 6.07 Å². The van der Waals surface area contributed by atoms with Gasteiger partial charge in [-0.1, -0.05) is 22.0 Å². The molecule has 1 atom stereocenters. The number of hydrogen-bond donors (Lipinski definition) is 0. The van der Waals surface area contributed by atoms with E-state index in [2.05, 4.69) is 31.9 Å². The van der Waals surface area contributed by atoms with E-state index in [1.807, 2.05) is 0 Å². The normalized spacial score (nSPS) is 12.6. The summed E-state index contributed by atoms with van der Waals surface area (Å²) in [6.45, 7) is 0. The molecular formula is C8H5Br2FO. The van der Waals surface area contributed by atoms with Crippen LogP contribution in [0.4, 0.5) is 4.39 Å². The highest BCUT2D eigenvalue weighted by Crippen LogP contribution is 2.24. The van der Waals surface area contributed by atoms with Crippen molar-refractivity contribution in [1.82, 2.24) is 0 Å². The maximum absolute atomic E-state index is 12.9. The molecule has 1 unspecified atom stereocenters. The Morgan fingerprint density at radius 2 is 2.17 bits per heavy atom. The van der Waals surface area contributed by atoms with Gasteiger partial charge in [-0.15, -0.1) is 0 Å². The van der Waals surface area contributed by atoms with Crippen molar-refractivity contribution in [3.05, 3.63) is 34.1 Å². The maximum atomic E-state index is 12.9. The van der Waals surface area contributed by atoms with Crippen molar-refractivity contribution in [3.63, 3.8) is 0 Å². The highest BCUT2D eigenvalue weighted by molar-refractivity contribution is 9.10. The molecule has 0 fully saturated rings. The Bertz CT molecular complexity index is 301. The summed E-state index contributed by atoms with van der Waals surface area (Å²) in [6, 6.07) is 4.57. The quantitative estimate of drug-likeness (QED) is 0.605. The average Bonchev–Trinajstić information content (AvgIpc) is 2.08. The van der Waals surface area contributed by atoms with Gasteiger partial charge in [-0.25, -0.2) is 4.39 Å². The van der Waals surface area contributed by atoms with E-state index in [0.717, 1.165) is 0 Å². The predicted molar refractivity (Wildman–Crippen MR) is 51.8 cm³/mol. The van der Waals surface area contributed by atoms with Crippen molar-refractivity contribution in [2.75, 3.05) is 0 Å². The number of carbonyl (C=O) groups is 1. The summed E-state index contributed by atoms with van der Waals surface area (Å²) < 4.78 is 13.3. The van der Waals surface area contributed by atoms with Crippen molar-refractivity contribution in [2.45, 2.75) is 4.83 Å². The number of aldehydes is 1. The minimum absolute atomic E-state index is 0.362. The number of rotatable bonds is 2. The van der Waals surface area contributed by atoms with Crippen molar-refractivity contribution in [1.29, 1.82) is 0 Å². The van der Waals surface area contributed by atoms with Crippen LogP contribution in [-0.4, -0.2) is 6.29 Å². The van der Waals surface area contributed by atoms with Gasteiger partial charge in [0, 0.05) is 0 Å². The number of benzene rings is 1. The van der Waals surface area contributed by atoms with Crippen LogP contribution in [0, 0.1) is 5.82 Å². The summed E-state index contributed by atoms with van der Waals surface area (Å²) in [5, 5.41) is 0. The molecule has 12 heavy (non-hydrogen) atoms. The van der Waals surface area contributed by atoms with Gasteiger partial charge in [-0.05, 0) is 33.6 Å². The molecule has 0 saturated heterocycles. The second kappa shape index (κ2) is 4.14. The summed E-state index contributed by atoms with van der Waals surface area (Å²) in [4.78, 5) is 9.89. The van der Waals surface area contributed by atoms with E-state index in [9.17, 15) is 9.18 Å². The van der Waals surface area contributed by atoms with Gasteiger partial charge in [-0.2, -0.15) is 0 Å². The lowest BCUT2D eigenvalue weighted by Crippen LogP contribution is -1.91. The van der Waals surface area contributed by atoms with Gasteiger partial charge in [0.2, 0.25) is 0 Å². The lowest BCUT2D eigenvalue weighted by atomic mass is 10.2. The Morgan fingerprint density at radius 1 is 1.50 bits per heavy atom. The van der Waals surface area contributed by atoms with Crippen LogP contribution in [0.5, 0.6) is 0 Å². The Labute approximate surface area is 86.2 Å². The first kappa shape index (κ1) is 9.86. The third-order valence-electron chi connectivity index (χ3n) is 1.38. The largest absolute Gasteiger partial charge is 0.302 e. The molecule has 0 aliphatic carbocycles. The predicted octanol–water partition coefficient (Wildman–Crippen LogP) is 3.22. The summed E-state index contributed by atoms with van der Waals surface area (Å²) in [5.74, 6) is -0.362. The molecule has 4 heteroatoms. The van der Waals surface area contributed by atoms with Gasteiger partial charge in [0.25, 0.3) is 0 Å². The smallest absolute Gasteiger partial charge is 0.138 e. The summed E-state index contributed by atoms with van der Waals surface area (Å²) >= 11 is 6.12. The first-order valence-corrected chi connectivity index (χ1v) is 4.90. The van der Waals surface area contributed by atoms with E-state index >= 15 is 0 Å². The number of halogens is 3. The molecule has 0 bridgehead atoms. The van der Waals surface area contributed by atoms with Crippen molar-refractivity contribution in [3.8, 4) is 0 Å². The zero-order valence-electron chi connectivity index (χ0n) is 5.93. The number of hydrogen-bond acceptors (Lipinski definition) is 1. The highest BCUT2D eigenvalue weighted by Gasteiger charge is 2.07. The second-order valence-corrected chi connectivity index (χ2v) is 4.05. The van der Waals surface area contributed by atoms with Crippen molar-refractivity contribution < 1.29 is 9.18 Å². The molecule has 0 aliphatic heterocycles. The molecule has 1 aromatic carbocycles. The molecule has 0 heterocycles. The second-order valence-electron chi connectivity index (χ2n) is 2.21. The van der Waals surface area contributed by atoms with Crippen molar-refractivity contribution >= 4 is 38.1 Å². The van der Waals surface area contributed by atoms with Crippen LogP contribution in [0.3, 0.4) is 0 Å². The molecule has 0 aromatic heterocycles. The van der Waals surface area contributed by atoms with Gasteiger partial charge < -0.3 is 4.79 Å². The third-order valence-corrected chi connectivity index (χ3v) is 2.77. The van der Waals surface area contributed by atoms with Gasteiger partial charge in [-0.3, -0.25) is 0 Å². The maximum Gasteiger partial charge on any atom is 0.138 e. The number of alkyl halides is 1. The van der Waals surface area contributed by atoms with Crippen LogP contribution >= 0.6 is 31.9 Å². The lowest BCUT2D eigenvalue weighted by Gasteiger charge is -2.02. The molecule has 0 amide bonds. The Morgan fingerprint density at radius 3 is 2.67 bits per heavy atom. The standard InChI is InChI=1S/C8H5Br2FO/c9-6-2-1-5(3-8(6)11)7(10)4-12/h1-4,7H. The van der Waals surface area contributed by atoms with E-state index in [-0.39, 0.29) is 5.82 Å². The fourth-order valence-corrected chi connectivity index (χ4v) is 1.29. The monoisotopic (exact) mass is 294 g/mol. The van der Waals surface area contributed by atoms with Crippen LogP contribution in [0.1, 0.15) is 10.4 Å². The molecule has 1 aromatic rings. The Balaban J connectivity index is 3.04. The molecule has 1 nitrogen and oxygen atoms in total. The van der Waals surface area contributed by atoms with Gasteiger partial charge in [0.15, 0.2) is 0 Å². The van der Waals surface area contributed by atoms with Crippen LogP contribution < -0.4 is 0 Å². The fourth-order valence-electron chi connectivity index (χ4n) is 0.762. The Kier molecular flexibility index (Phi) is 3.40. The Hall–Kier alpha value is -0.220. The summed E-state index contributed by atoms with van der Waals surface area (Å²) in [5.41, 5.74) is 0.616. The first-order valence-electron chi connectivity index (χ1n) is 3.19. The summed E-state index contributed by atoms with van der Waals surface area (Å²) in [6.07, 6.45) is 0.711. The third kappa shape index (κ3) is 2.14.